The van der Waals surface area contributed by atoms with E-state index in [1.807, 2.05) is 37.3 Å². The molecule has 0 aliphatic carbocycles. The van der Waals surface area contributed by atoms with E-state index < -0.39 is 0 Å². The first-order chi connectivity index (χ1) is 17.1. The van der Waals surface area contributed by atoms with Crippen LogP contribution in [0.4, 0.5) is 5.13 Å². The average Bonchev–Trinajstić information content (AvgIpc) is 3.28. The van der Waals surface area contributed by atoms with Gasteiger partial charge in [-0.05, 0) is 74.7 Å². The lowest BCUT2D eigenvalue weighted by molar-refractivity contribution is -0.118. The molecule has 1 N–H and O–H groups in total. The summed E-state index contributed by atoms with van der Waals surface area (Å²) in [6.45, 7) is 6.28. The van der Waals surface area contributed by atoms with Gasteiger partial charge >= 0.3 is 0 Å². The molecule has 7 nitrogen and oxygen atoms in total. The monoisotopic (exact) mass is 493 g/mol. The lowest BCUT2D eigenvalue weighted by atomic mass is 10.0. The Labute approximate surface area is 209 Å². The summed E-state index contributed by atoms with van der Waals surface area (Å²) >= 11 is 1.43. The molecule has 2 heterocycles. The SMILES string of the molecule is CC=CC(=O)c1ccc(OCC(=O)Nc2nc3ccccc3s2)c(CCCCN2CCOCC2)c1. The number of fused-ring (bicyclic) bond motifs is 1. The van der Waals surface area contributed by atoms with E-state index >= 15 is 0 Å². The summed E-state index contributed by atoms with van der Waals surface area (Å²) in [6, 6.07) is 13.2. The zero-order valence-corrected chi connectivity index (χ0v) is 20.8. The third-order valence-electron chi connectivity index (χ3n) is 5.84. The van der Waals surface area contributed by atoms with Gasteiger partial charge in [-0.1, -0.05) is 29.5 Å². The number of amides is 1. The predicted molar refractivity (Wildman–Crippen MR) is 140 cm³/mol. The van der Waals surface area contributed by atoms with E-state index in [0.717, 1.165) is 67.9 Å². The number of para-hydroxylation sites is 1. The van der Waals surface area contributed by atoms with E-state index in [1.54, 1.807) is 24.3 Å². The standard InChI is InChI=1S/C27H31N3O4S/c1-2-7-23(31)20-11-12-24(21(18-20)8-5-6-13-30-14-16-33-17-15-30)34-19-26(32)29-27-28-22-9-3-4-10-25(22)35-27/h2-4,7,9-12,18H,5-6,8,13-17,19H2,1H3,(H,28,29,32). The minimum Gasteiger partial charge on any atom is -0.483 e. The van der Waals surface area contributed by atoms with Gasteiger partial charge in [0.15, 0.2) is 17.5 Å². The lowest BCUT2D eigenvalue weighted by Gasteiger charge is -2.26. The molecule has 0 radical (unpaired) electrons. The summed E-state index contributed by atoms with van der Waals surface area (Å²) in [4.78, 5) is 31.7. The molecule has 35 heavy (non-hydrogen) atoms. The Kier molecular flexibility index (Phi) is 9.00. The molecule has 1 aromatic heterocycles. The van der Waals surface area contributed by atoms with Gasteiger partial charge in [-0.3, -0.25) is 19.8 Å². The predicted octanol–water partition coefficient (Wildman–Crippen LogP) is 4.73. The number of nitrogens with one attached hydrogen (secondary N) is 1. The molecule has 0 saturated carbocycles. The number of morpholine rings is 1. The van der Waals surface area contributed by atoms with Crippen LogP contribution < -0.4 is 10.1 Å². The van der Waals surface area contributed by atoms with Gasteiger partial charge in [0.25, 0.3) is 5.91 Å². The third-order valence-corrected chi connectivity index (χ3v) is 6.79. The normalized spacial score (nSPS) is 14.4. The van der Waals surface area contributed by atoms with E-state index in [9.17, 15) is 9.59 Å². The molecule has 0 bridgehead atoms. The van der Waals surface area contributed by atoms with Crippen molar-refractivity contribution >= 4 is 38.4 Å². The fourth-order valence-corrected chi connectivity index (χ4v) is 4.90. The minimum absolute atomic E-state index is 0.0396. The van der Waals surface area contributed by atoms with E-state index in [-0.39, 0.29) is 18.3 Å². The highest BCUT2D eigenvalue weighted by Crippen LogP contribution is 2.26. The highest BCUT2D eigenvalue weighted by Gasteiger charge is 2.14. The van der Waals surface area contributed by atoms with Crippen LogP contribution in [0.25, 0.3) is 10.2 Å². The van der Waals surface area contributed by atoms with Crippen LogP contribution in [0.2, 0.25) is 0 Å². The smallest absolute Gasteiger partial charge is 0.264 e. The molecule has 8 heteroatoms. The van der Waals surface area contributed by atoms with Crippen molar-refractivity contribution in [2.24, 2.45) is 0 Å². The molecule has 0 spiro atoms. The van der Waals surface area contributed by atoms with Crippen LogP contribution in [-0.2, 0) is 16.0 Å². The molecule has 1 aliphatic heterocycles. The van der Waals surface area contributed by atoms with Gasteiger partial charge in [-0.2, -0.15) is 0 Å². The number of aromatic nitrogens is 1. The molecule has 2 aromatic carbocycles. The maximum absolute atomic E-state index is 12.5. The fraction of sp³-hybridized carbons (Fsp3) is 0.370. The molecule has 0 atom stereocenters. The molecular weight excluding hydrogens is 462 g/mol. The maximum Gasteiger partial charge on any atom is 0.264 e. The highest BCUT2D eigenvalue weighted by molar-refractivity contribution is 7.22. The topological polar surface area (TPSA) is 80.8 Å². The molecule has 1 saturated heterocycles. The van der Waals surface area contributed by atoms with Crippen LogP contribution in [0.1, 0.15) is 35.7 Å². The van der Waals surface area contributed by atoms with Gasteiger partial charge in [0, 0.05) is 18.7 Å². The summed E-state index contributed by atoms with van der Waals surface area (Å²) in [5.41, 5.74) is 2.42. The number of nitrogens with zero attached hydrogens (tertiary/aromatic N) is 2. The van der Waals surface area contributed by atoms with Crippen LogP contribution in [0.15, 0.2) is 54.6 Å². The fourth-order valence-electron chi connectivity index (χ4n) is 4.02. The van der Waals surface area contributed by atoms with Gasteiger partial charge in [-0.15, -0.1) is 0 Å². The Morgan fingerprint density at radius 1 is 1.17 bits per heavy atom. The van der Waals surface area contributed by atoms with Crippen molar-refractivity contribution in [1.29, 1.82) is 0 Å². The average molecular weight is 494 g/mol. The van der Waals surface area contributed by atoms with Crippen LogP contribution in [0.3, 0.4) is 0 Å². The molecule has 1 amide bonds. The van der Waals surface area contributed by atoms with E-state index in [4.69, 9.17) is 9.47 Å². The van der Waals surface area contributed by atoms with Crippen molar-refractivity contribution in [3.05, 3.63) is 65.7 Å². The molecular formula is C27H31N3O4S. The minimum atomic E-state index is -0.267. The number of benzene rings is 2. The van der Waals surface area contributed by atoms with Gasteiger partial charge in [0.05, 0.1) is 23.4 Å². The van der Waals surface area contributed by atoms with E-state index in [2.05, 4.69) is 15.2 Å². The van der Waals surface area contributed by atoms with Crippen LogP contribution in [0.5, 0.6) is 5.75 Å². The summed E-state index contributed by atoms with van der Waals surface area (Å²) in [5, 5.41) is 3.37. The second-order valence-electron chi connectivity index (χ2n) is 8.42. The summed E-state index contributed by atoms with van der Waals surface area (Å²) in [6.07, 6.45) is 6.08. The highest BCUT2D eigenvalue weighted by atomic mass is 32.1. The molecule has 1 aliphatic rings. The number of unbranched alkanes of at least 4 members (excludes halogenated alkanes) is 1. The number of hydrogen-bond acceptors (Lipinski definition) is 7. The van der Waals surface area contributed by atoms with Gasteiger partial charge in [0.1, 0.15) is 5.75 Å². The zero-order valence-electron chi connectivity index (χ0n) is 20.0. The van der Waals surface area contributed by atoms with Gasteiger partial charge in [0.2, 0.25) is 0 Å². The van der Waals surface area contributed by atoms with Crippen LogP contribution in [-0.4, -0.2) is 61.0 Å². The zero-order chi connectivity index (χ0) is 24.5. The molecule has 1 fully saturated rings. The number of carbonyl (C=O) groups is 2. The van der Waals surface area contributed by atoms with Crippen LogP contribution in [0, 0.1) is 0 Å². The van der Waals surface area contributed by atoms with Crippen molar-refractivity contribution in [3.8, 4) is 5.75 Å². The first kappa shape index (κ1) is 25.0. The second-order valence-corrected chi connectivity index (χ2v) is 9.45. The number of hydrogen-bond donors (Lipinski definition) is 1. The molecule has 3 aromatic rings. The van der Waals surface area contributed by atoms with E-state index in [1.165, 1.54) is 11.3 Å². The van der Waals surface area contributed by atoms with Crippen molar-refractivity contribution in [2.45, 2.75) is 26.2 Å². The number of allylic oxidation sites excluding steroid dienone is 2. The van der Waals surface area contributed by atoms with Crippen LogP contribution >= 0.6 is 11.3 Å². The van der Waals surface area contributed by atoms with Gasteiger partial charge in [-0.25, -0.2) is 4.98 Å². The Hall–Kier alpha value is -3.07. The summed E-state index contributed by atoms with van der Waals surface area (Å²) in [5.74, 6) is 0.325. The lowest BCUT2D eigenvalue weighted by Crippen LogP contribution is -2.36. The number of aryl methyl sites for hydroxylation is 1. The Bertz CT molecular complexity index is 1150. The molecule has 0 unspecified atom stereocenters. The first-order valence-electron chi connectivity index (χ1n) is 12.0. The maximum atomic E-state index is 12.5. The Morgan fingerprint density at radius 3 is 2.80 bits per heavy atom. The summed E-state index contributed by atoms with van der Waals surface area (Å²) < 4.78 is 12.3. The number of thiazole rings is 1. The van der Waals surface area contributed by atoms with Crippen molar-refractivity contribution in [3.63, 3.8) is 0 Å². The second kappa shape index (κ2) is 12.6. The Balaban J connectivity index is 1.36. The van der Waals surface area contributed by atoms with E-state index in [0.29, 0.717) is 16.4 Å². The quantitative estimate of drug-likeness (QED) is 0.236. The number of anilines is 1. The molecule has 4 rings (SSSR count). The van der Waals surface area contributed by atoms with Crippen molar-refractivity contribution < 1.29 is 19.1 Å². The third kappa shape index (κ3) is 7.21. The van der Waals surface area contributed by atoms with Crippen molar-refractivity contribution in [1.82, 2.24) is 9.88 Å². The Morgan fingerprint density at radius 2 is 2.00 bits per heavy atom. The van der Waals surface area contributed by atoms with Crippen molar-refractivity contribution in [2.75, 3.05) is 44.8 Å². The summed E-state index contributed by atoms with van der Waals surface area (Å²) in [7, 11) is 0. The number of rotatable bonds is 11. The number of ketones is 1. The first-order valence-corrected chi connectivity index (χ1v) is 12.8. The largest absolute Gasteiger partial charge is 0.483 e. The van der Waals surface area contributed by atoms with Gasteiger partial charge < -0.3 is 9.47 Å². The number of ether oxygens (including phenoxy) is 2. The molecule has 184 valence electrons. The number of carbonyl (C=O) groups excluding carboxylic acids is 2.